The zero-order chi connectivity index (χ0) is 17.1. The van der Waals surface area contributed by atoms with Crippen LogP contribution in [-0.4, -0.2) is 26.8 Å². The molecular formula is C18H12N2O4. The third-order valence-corrected chi connectivity index (χ3v) is 3.43. The summed E-state index contributed by atoms with van der Waals surface area (Å²) < 4.78 is 0. The molecule has 6 heteroatoms. The maximum Gasteiger partial charge on any atom is 0.335 e. The summed E-state index contributed by atoms with van der Waals surface area (Å²) in [5, 5.41) is 8.84. The van der Waals surface area contributed by atoms with E-state index in [1.807, 2.05) is 0 Å². The highest BCUT2D eigenvalue weighted by atomic mass is 16.4. The summed E-state index contributed by atoms with van der Waals surface area (Å²) in [6, 6.07) is 12.6. The SMILES string of the molecule is O=C(O)c1ccc(C(=O)/C=C/c2nc3ccccc3[nH]c2=O)cc1. The number of para-hydroxylation sites is 2. The molecule has 0 aliphatic carbocycles. The highest BCUT2D eigenvalue weighted by molar-refractivity contribution is 6.07. The molecule has 118 valence electrons. The van der Waals surface area contributed by atoms with E-state index in [-0.39, 0.29) is 22.6 Å². The number of benzene rings is 2. The van der Waals surface area contributed by atoms with Crippen LogP contribution in [0.4, 0.5) is 0 Å². The Hall–Kier alpha value is -3.54. The molecule has 0 unspecified atom stereocenters. The molecule has 3 aromatic rings. The normalized spacial score (nSPS) is 11.0. The van der Waals surface area contributed by atoms with Gasteiger partial charge >= 0.3 is 5.97 Å². The van der Waals surface area contributed by atoms with E-state index >= 15 is 0 Å². The quantitative estimate of drug-likeness (QED) is 0.568. The van der Waals surface area contributed by atoms with Gasteiger partial charge in [0.25, 0.3) is 5.56 Å². The van der Waals surface area contributed by atoms with Crippen molar-refractivity contribution in [3.05, 3.63) is 81.8 Å². The number of carboxylic acid groups (broad SMARTS) is 1. The molecule has 0 atom stereocenters. The zero-order valence-corrected chi connectivity index (χ0v) is 12.4. The van der Waals surface area contributed by atoms with Crippen molar-refractivity contribution in [3.63, 3.8) is 0 Å². The number of hydrogen-bond donors (Lipinski definition) is 2. The van der Waals surface area contributed by atoms with Gasteiger partial charge in [-0.25, -0.2) is 9.78 Å². The molecule has 6 nitrogen and oxygen atoms in total. The Balaban J connectivity index is 1.87. The molecule has 1 heterocycles. The first-order chi connectivity index (χ1) is 11.5. The lowest BCUT2D eigenvalue weighted by Gasteiger charge is -1.99. The van der Waals surface area contributed by atoms with Crippen LogP contribution in [-0.2, 0) is 0 Å². The van der Waals surface area contributed by atoms with Gasteiger partial charge in [-0.1, -0.05) is 24.3 Å². The molecule has 2 N–H and O–H groups in total. The number of hydrogen-bond acceptors (Lipinski definition) is 4. The molecule has 0 saturated carbocycles. The second-order valence-corrected chi connectivity index (χ2v) is 5.05. The lowest BCUT2D eigenvalue weighted by atomic mass is 10.1. The van der Waals surface area contributed by atoms with Gasteiger partial charge in [0.15, 0.2) is 5.78 Å². The van der Waals surface area contributed by atoms with Gasteiger partial charge in [0, 0.05) is 5.56 Å². The molecule has 24 heavy (non-hydrogen) atoms. The van der Waals surface area contributed by atoms with Gasteiger partial charge < -0.3 is 10.1 Å². The molecule has 0 aliphatic rings. The van der Waals surface area contributed by atoms with Crippen LogP contribution in [0, 0.1) is 0 Å². The number of aromatic amines is 1. The second-order valence-electron chi connectivity index (χ2n) is 5.05. The summed E-state index contributed by atoms with van der Waals surface area (Å²) in [5.74, 6) is -1.40. The number of aromatic carboxylic acids is 1. The second kappa shape index (κ2) is 6.29. The van der Waals surface area contributed by atoms with Crippen molar-refractivity contribution in [2.75, 3.05) is 0 Å². The van der Waals surface area contributed by atoms with Crippen molar-refractivity contribution in [1.82, 2.24) is 9.97 Å². The van der Waals surface area contributed by atoms with Crippen LogP contribution in [0.2, 0.25) is 0 Å². The molecule has 0 aliphatic heterocycles. The molecular weight excluding hydrogens is 308 g/mol. The number of fused-ring (bicyclic) bond motifs is 1. The van der Waals surface area contributed by atoms with Crippen LogP contribution in [0.3, 0.4) is 0 Å². The fourth-order valence-corrected chi connectivity index (χ4v) is 2.18. The molecule has 1 aromatic heterocycles. The summed E-state index contributed by atoms with van der Waals surface area (Å²) in [6.07, 6.45) is 2.58. The van der Waals surface area contributed by atoms with Crippen molar-refractivity contribution in [2.45, 2.75) is 0 Å². The zero-order valence-electron chi connectivity index (χ0n) is 12.4. The average molecular weight is 320 g/mol. The lowest BCUT2D eigenvalue weighted by Crippen LogP contribution is -2.11. The Morgan fingerprint density at radius 2 is 1.67 bits per heavy atom. The van der Waals surface area contributed by atoms with Gasteiger partial charge in [-0.2, -0.15) is 0 Å². The summed E-state index contributed by atoms with van der Waals surface area (Å²) in [7, 11) is 0. The Labute approximate surface area is 136 Å². The molecule has 0 saturated heterocycles. The number of H-pyrrole nitrogens is 1. The number of aromatic nitrogens is 2. The number of allylic oxidation sites excluding steroid dienone is 1. The first kappa shape index (κ1) is 15.4. The standard InChI is InChI=1S/C18H12N2O4/c21-16(11-5-7-12(8-6-11)18(23)24)10-9-15-17(22)20-14-4-2-1-3-13(14)19-15/h1-10H,(H,20,22)(H,23,24)/b10-9+. The average Bonchev–Trinajstić information content (AvgIpc) is 2.59. The Morgan fingerprint density at radius 1 is 1.00 bits per heavy atom. The summed E-state index contributed by atoms with van der Waals surface area (Å²) in [4.78, 5) is 41.8. The largest absolute Gasteiger partial charge is 0.478 e. The maximum atomic E-state index is 12.1. The van der Waals surface area contributed by atoms with E-state index in [1.54, 1.807) is 24.3 Å². The van der Waals surface area contributed by atoms with E-state index in [1.165, 1.54) is 36.4 Å². The number of carbonyl (C=O) groups is 2. The number of rotatable bonds is 4. The fourth-order valence-electron chi connectivity index (χ4n) is 2.18. The van der Waals surface area contributed by atoms with Gasteiger partial charge in [-0.05, 0) is 36.4 Å². The van der Waals surface area contributed by atoms with Gasteiger partial charge in [-0.15, -0.1) is 0 Å². The fraction of sp³-hybridized carbons (Fsp3) is 0. The predicted octanol–water partition coefficient (Wildman–Crippen LogP) is 2.52. The van der Waals surface area contributed by atoms with Crippen LogP contribution in [0.1, 0.15) is 26.4 Å². The Kier molecular flexibility index (Phi) is 4.03. The van der Waals surface area contributed by atoms with Crippen molar-refractivity contribution in [3.8, 4) is 0 Å². The van der Waals surface area contributed by atoms with E-state index in [9.17, 15) is 14.4 Å². The third kappa shape index (κ3) is 3.12. The van der Waals surface area contributed by atoms with Gasteiger partial charge in [0.2, 0.25) is 0 Å². The topological polar surface area (TPSA) is 100 Å². The summed E-state index contributed by atoms with van der Waals surface area (Å²) in [5.41, 5.74) is 1.41. The first-order valence-electron chi connectivity index (χ1n) is 7.09. The predicted molar refractivity (Wildman–Crippen MR) is 89.1 cm³/mol. The number of ketones is 1. The monoisotopic (exact) mass is 320 g/mol. The van der Waals surface area contributed by atoms with Crippen molar-refractivity contribution in [1.29, 1.82) is 0 Å². The first-order valence-corrected chi connectivity index (χ1v) is 7.09. The highest BCUT2D eigenvalue weighted by Crippen LogP contribution is 2.09. The molecule has 3 rings (SSSR count). The lowest BCUT2D eigenvalue weighted by molar-refractivity contribution is 0.0696. The number of nitrogens with one attached hydrogen (secondary N) is 1. The van der Waals surface area contributed by atoms with Crippen molar-refractivity contribution < 1.29 is 14.7 Å². The number of carboxylic acids is 1. The molecule has 0 fully saturated rings. The van der Waals surface area contributed by atoms with Crippen LogP contribution < -0.4 is 5.56 Å². The molecule has 0 spiro atoms. The highest BCUT2D eigenvalue weighted by Gasteiger charge is 2.06. The van der Waals surface area contributed by atoms with E-state index < -0.39 is 5.97 Å². The minimum Gasteiger partial charge on any atom is -0.478 e. The maximum absolute atomic E-state index is 12.1. The van der Waals surface area contributed by atoms with E-state index in [0.717, 1.165) is 0 Å². The van der Waals surface area contributed by atoms with Gasteiger partial charge in [0.05, 0.1) is 16.6 Å². The van der Waals surface area contributed by atoms with Crippen LogP contribution in [0.5, 0.6) is 0 Å². The molecule has 0 radical (unpaired) electrons. The van der Waals surface area contributed by atoms with Crippen LogP contribution >= 0.6 is 0 Å². The minimum atomic E-state index is -1.06. The van der Waals surface area contributed by atoms with E-state index in [4.69, 9.17) is 5.11 Å². The van der Waals surface area contributed by atoms with Crippen LogP contribution in [0.25, 0.3) is 17.1 Å². The van der Waals surface area contributed by atoms with Crippen molar-refractivity contribution in [2.24, 2.45) is 0 Å². The summed E-state index contributed by atoms with van der Waals surface area (Å²) >= 11 is 0. The summed E-state index contributed by atoms with van der Waals surface area (Å²) in [6.45, 7) is 0. The van der Waals surface area contributed by atoms with Crippen LogP contribution in [0.15, 0.2) is 59.4 Å². The van der Waals surface area contributed by atoms with Gasteiger partial charge in [0.1, 0.15) is 5.69 Å². The van der Waals surface area contributed by atoms with Gasteiger partial charge in [-0.3, -0.25) is 9.59 Å². The Morgan fingerprint density at radius 3 is 2.38 bits per heavy atom. The van der Waals surface area contributed by atoms with E-state index in [0.29, 0.717) is 16.6 Å². The smallest absolute Gasteiger partial charge is 0.335 e. The van der Waals surface area contributed by atoms with E-state index in [2.05, 4.69) is 9.97 Å². The Bertz CT molecular complexity index is 1020. The molecule has 0 bridgehead atoms. The number of nitrogens with zero attached hydrogens (tertiary/aromatic N) is 1. The third-order valence-electron chi connectivity index (χ3n) is 3.43. The molecule has 2 aromatic carbocycles. The minimum absolute atomic E-state index is 0.100. The van der Waals surface area contributed by atoms with Crippen molar-refractivity contribution >= 4 is 28.9 Å². The molecule has 0 amide bonds. The number of carbonyl (C=O) groups excluding carboxylic acids is 1.